The number of benzene rings is 1. The fraction of sp³-hybridized carbons (Fsp3) is 0.308. The number of hydroxylamine groups is 2. The third-order valence-electron chi connectivity index (χ3n) is 2.43. The molecule has 18 heavy (non-hydrogen) atoms. The van der Waals surface area contributed by atoms with Crippen LogP contribution in [0.3, 0.4) is 0 Å². The van der Waals surface area contributed by atoms with Gasteiger partial charge < -0.3 is 9.47 Å². The van der Waals surface area contributed by atoms with Crippen LogP contribution in [0.15, 0.2) is 24.3 Å². The van der Waals surface area contributed by atoms with E-state index >= 15 is 0 Å². The number of likely N-dealkylation sites (N-methyl/N-ethyl adjacent to an activating group) is 1. The number of methoxy groups -OCH3 is 2. The Hall–Kier alpha value is -2.01. The van der Waals surface area contributed by atoms with E-state index in [4.69, 9.17) is 14.3 Å². The first-order valence-corrected chi connectivity index (χ1v) is 5.34. The number of carbonyl (C=O) groups is 1. The first-order chi connectivity index (χ1) is 8.62. The Morgan fingerprint density at radius 1 is 1.22 bits per heavy atom. The molecule has 1 rings (SSSR count). The van der Waals surface area contributed by atoms with Crippen LogP contribution in [-0.4, -0.2) is 39.3 Å². The minimum atomic E-state index is -0.262. The van der Waals surface area contributed by atoms with E-state index in [0.717, 1.165) is 10.6 Å². The van der Waals surface area contributed by atoms with Gasteiger partial charge in [0.1, 0.15) is 11.5 Å². The molecule has 0 aliphatic rings. The summed E-state index contributed by atoms with van der Waals surface area (Å²) < 4.78 is 10.3. The third-order valence-corrected chi connectivity index (χ3v) is 2.43. The maximum absolute atomic E-state index is 11.5. The fourth-order valence-corrected chi connectivity index (χ4v) is 1.33. The van der Waals surface area contributed by atoms with Gasteiger partial charge in [0.15, 0.2) is 0 Å². The average molecular weight is 251 g/mol. The summed E-state index contributed by atoms with van der Waals surface area (Å²) in [7, 11) is 6.12. The average Bonchev–Trinajstić information content (AvgIpc) is 2.43. The lowest BCUT2D eigenvalue weighted by Gasteiger charge is -2.11. The topological polar surface area (TPSA) is 48.0 Å². The number of carbonyl (C=O) groups excluding carboxylic acids is 1. The molecule has 0 unspecified atom stereocenters. The zero-order valence-electron chi connectivity index (χ0n) is 11.0. The summed E-state index contributed by atoms with van der Waals surface area (Å²) in [6, 6.07) is 5.36. The Morgan fingerprint density at radius 3 is 2.50 bits per heavy atom. The Morgan fingerprint density at radius 2 is 1.94 bits per heavy atom. The molecule has 1 aromatic rings. The summed E-state index contributed by atoms with van der Waals surface area (Å²) in [6.07, 6.45) is 3.06. The van der Waals surface area contributed by atoms with E-state index in [-0.39, 0.29) is 5.91 Å². The molecule has 0 aliphatic heterocycles. The summed E-state index contributed by atoms with van der Waals surface area (Å²) in [4.78, 5) is 16.3. The minimum absolute atomic E-state index is 0.262. The molecule has 0 N–H and O–H groups in total. The summed E-state index contributed by atoms with van der Waals surface area (Å²) in [5.74, 6) is 1.10. The van der Waals surface area contributed by atoms with Crippen molar-refractivity contribution in [3.63, 3.8) is 0 Å². The molecule has 0 radical (unpaired) electrons. The smallest absolute Gasteiger partial charge is 0.269 e. The zero-order valence-corrected chi connectivity index (χ0v) is 11.0. The quantitative estimate of drug-likeness (QED) is 0.590. The van der Waals surface area contributed by atoms with Gasteiger partial charge in [-0.1, -0.05) is 0 Å². The van der Waals surface area contributed by atoms with Gasteiger partial charge in [-0.25, -0.2) is 5.06 Å². The van der Waals surface area contributed by atoms with Crippen molar-refractivity contribution in [2.24, 2.45) is 0 Å². The van der Waals surface area contributed by atoms with Crippen molar-refractivity contribution in [1.29, 1.82) is 0 Å². The van der Waals surface area contributed by atoms with Gasteiger partial charge in [-0.05, 0) is 24.3 Å². The van der Waals surface area contributed by atoms with Crippen molar-refractivity contribution in [3.8, 4) is 11.5 Å². The zero-order chi connectivity index (χ0) is 13.5. The molecule has 0 aromatic heterocycles. The van der Waals surface area contributed by atoms with Crippen LogP contribution in [0.5, 0.6) is 11.5 Å². The van der Waals surface area contributed by atoms with Crippen LogP contribution < -0.4 is 9.47 Å². The summed E-state index contributed by atoms with van der Waals surface area (Å²) in [5, 5.41) is 1.13. The van der Waals surface area contributed by atoms with E-state index in [1.54, 1.807) is 38.5 Å². The van der Waals surface area contributed by atoms with Crippen molar-refractivity contribution in [1.82, 2.24) is 5.06 Å². The monoisotopic (exact) mass is 251 g/mol. The van der Waals surface area contributed by atoms with Gasteiger partial charge in [-0.2, -0.15) is 0 Å². The van der Waals surface area contributed by atoms with Gasteiger partial charge in [-0.3, -0.25) is 9.63 Å². The molecule has 0 spiro atoms. The molecule has 1 aromatic carbocycles. The second-order valence-electron chi connectivity index (χ2n) is 3.46. The minimum Gasteiger partial charge on any atom is -0.497 e. The van der Waals surface area contributed by atoms with Crippen LogP contribution in [0.4, 0.5) is 0 Å². The highest BCUT2D eigenvalue weighted by Gasteiger charge is 2.05. The number of nitrogens with zero attached hydrogens (tertiary/aromatic N) is 1. The lowest BCUT2D eigenvalue weighted by atomic mass is 10.1. The highest BCUT2D eigenvalue weighted by Crippen LogP contribution is 2.25. The second kappa shape index (κ2) is 6.66. The van der Waals surface area contributed by atoms with Gasteiger partial charge in [0.2, 0.25) is 0 Å². The van der Waals surface area contributed by atoms with E-state index in [9.17, 15) is 4.79 Å². The summed E-state index contributed by atoms with van der Waals surface area (Å²) in [6.45, 7) is 0. The Labute approximate surface area is 107 Å². The number of rotatable bonds is 5. The number of ether oxygens (including phenoxy) is 2. The SMILES string of the molecule is COc1ccc(OC)c(/C=C/C(=O)N(C)OC)c1. The van der Waals surface area contributed by atoms with Crippen molar-refractivity contribution in [2.75, 3.05) is 28.4 Å². The Balaban J connectivity index is 2.94. The van der Waals surface area contributed by atoms with Gasteiger partial charge in [-0.15, -0.1) is 0 Å². The first-order valence-electron chi connectivity index (χ1n) is 5.34. The van der Waals surface area contributed by atoms with Gasteiger partial charge in [0.05, 0.1) is 21.3 Å². The van der Waals surface area contributed by atoms with Crippen LogP contribution in [0.25, 0.3) is 6.08 Å². The fourth-order valence-electron chi connectivity index (χ4n) is 1.33. The molecule has 0 atom stereocenters. The molecule has 0 saturated heterocycles. The molecular weight excluding hydrogens is 234 g/mol. The van der Waals surface area contributed by atoms with Crippen LogP contribution in [0.2, 0.25) is 0 Å². The predicted molar refractivity (Wildman–Crippen MR) is 68.4 cm³/mol. The largest absolute Gasteiger partial charge is 0.497 e. The molecule has 98 valence electrons. The van der Waals surface area contributed by atoms with E-state index in [1.807, 2.05) is 0 Å². The van der Waals surface area contributed by atoms with Crippen molar-refractivity contribution < 1.29 is 19.1 Å². The Kier molecular flexibility index (Phi) is 5.20. The second-order valence-corrected chi connectivity index (χ2v) is 3.46. The molecule has 0 heterocycles. The highest BCUT2D eigenvalue weighted by molar-refractivity contribution is 5.91. The molecular formula is C13H17NO4. The first kappa shape index (κ1) is 14.1. The van der Waals surface area contributed by atoms with Crippen molar-refractivity contribution in [2.45, 2.75) is 0 Å². The lowest BCUT2D eigenvalue weighted by molar-refractivity contribution is -0.162. The number of hydrogen-bond donors (Lipinski definition) is 0. The third kappa shape index (κ3) is 3.49. The van der Waals surface area contributed by atoms with Crippen LogP contribution in [-0.2, 0) is 9.63 Å². The molecule has 1 amide bonds. The van der Waals surface area contributed by atoms with Crippen molar-refractivity contribution in [3.05, 3.63) is 29.8 Å². The van der Waals surface area contributed by atoms with Gasteiger partial charge in [0.25, 0.3) is 5.91 Å². The maximum atomic E-state index is 11.5. The molecule has 0 aliphatic carbocycles. The van der Waals surface area contributed by atoms with Crippen LogP contribution in [0.1, 0.15) is 5.56 Å². The van der Waals surface area contributed by atoms with E-state index in [0.29, 0.717) is 11.5 Å². The standard InChI is InChI=1S/C13H17NO4/c1-14(18-4)13(15)8-5-10-9-11(16-2)6-7-12(10)17-3/h5-9H,1-4H3/b8-5+. The molecule has 0 saturated carbocycles. The molecule has 5 nitrogen and oxygen atoms in total. The predicted octanol–water partition coefficient (Wildman–Crippen LogP) is 1.74. The molecule has 5 heteroatoms. The van der Waals surface area contributed by atoms with Crippen LogP contribution >= 0.6 is 0 Å². The number of hydrogen-bond acceptors (Lipinski definition) is 4. The van der Waals surface area contributed by atoms with E-state index < -0.39 is 0 Å². The summed E-state index contributed by atoms with van der Waals surface area (Å²) >= 11 is 0. The molecule has 0 bridgehead atoms. The number of amides is 1. The highest BCUT2D eigenvalue weighted by atomic mass is 16.7. The van der Waals surface area contributed by atoms with E-state index in [1.165, 1.54) is 20.2 Å². The van der Waals surface area contributed by atoms with E-state index in [2.05, 4.69) is 0 Å². The normalized spacial score (nSPS) is 10.4. The van der Waals surface area contributed by atoms with Gasteiger partial charge >= 0.3 is 0 Å². The molecule has 0 fully saturated rings. The van der Waals surface area contributed by atoms with Crippen LogP contribution in [0, 0.1) is 0 Å². The lowest BCUT2D eigenvalue weighted by Crippen LogP contribution is -2.22. The maximum Gasteiger partial charge on any atom is 0.269 e. The van der Waals surface area contributed by atoms with Gasteiger partial charge in [0, 0.05) is 18.7 Å². The summed E-state index contributed by atoms with van der Waals surface area (Å²) in [5.41, 5.74) is 0.759. The van der Waals surface area contributed by atoms with Crippen molar-refractivity contribution >= 4 is 12.0 Å². The Bertz CT molecular complexity index is 443.